The Bertz CT molecular complexity index is 742. The zero-order valence-corrected chi connectivity index (χ0v) is 16.8. The molecule has 1 aromatic rings. The molecule has 2 rings (SSSR count). The molecule has 0 radical (unpaired) electrons. The quantitative estimate of drug-likeness (QED) is 0.825. The molecule has 0 amide bonds. The van der Waals surface area contributed by atoms with Crippen LogP contribution in [0.5, 0.6) is 0 Å². The highest BCUT2D eigenvalue weighted by atomic mass is 32.2. The van der Waals surface area contributed by atoms with Crippen LogP contribution in [0.15, 0.2) is 17.0 Å². The zero-order valence-electron chi connectivity index (χ0n) is 16.0. The summed E-state index contributed by atoms with van der Waals surface area (Å²) < 4.78 is 27.9. The minimum Gasteiger partial charge on any atom is -0.300 e. The van der Waals surface area contributed by atoms with E-state index in [1.165, 1.54) is 0 Å². The Balaban J connectivity index is 2.25. The molecule has 25 heavy (non-hydrogen) atoms. The molecule has 0 unspecified atom stereocenters. The van der Waals surface area contributed by atoms with E-state index in [-0.39, 0.29) is 5.41 Å². The van der Waals surface area contributed by atoms with Gasteiger partial charge in [-0.15, -0.1) is 0 Å². The van der Waals surface area contributed by atoms with Crippen LogP contribution in [0.1, 0.15) is 43.9 Å². The summed E-state index contributed by atoms with van der Waals surface area (Å²) in [6, 6.07) is 6.15. The van der Waals surface area contributed by atoms with Crippen LogP contribution in [0.3, 0.4) is 0 Å². The number of hydrogen-bond donors (Lipinski definition) is 0. The number of piperazine rings is 1. The maximum absolute atomic E-state index is 13.2. The highest BCUT2D eigenvalue weighted by Crippen LogP contribution is 2.31. The molecule has 6 heteroatoms. The van der Waals surface area contributed by atoms with Crippen LogP contribution < -0.4 is 0 Å². The van der Waals surface area contributed by atoms with E-state index < -0.39 is 10.0 Å². The van der Waals surface area contributed by atoms with Crippen molar-refractivity contribution in [2.75, 3.05) is 32.7 Å². The average Bonchev–Trinajstić information content (AvgIpc) is 2.51. The fraction of sp³-hybridized carbons (Fsp3) is 0.632. The number of nitrogens with zero attached hydrogens (tertiary/aromatic N) is 3. The van der Waals surface area contributed by atoms with Crippen molar-refractivity contribution in [1.29, 1.82) is 5.26 Å². The Morgan fingerprint density at radius 3 is 2.04 bits per heavy atom. The fourth-order valence-corrected chi connectivity index (χ4v) is 5.15. The second-order valence-electron chi connectivity index (χ2n) is 7.84. The van der Waals surface area contributed by atoms with E-state index in [2.05, 4.69) is 31.7 Å². The number of benzene rings is 1. The van der Waals surface area contributed by atoms with E-state index >= 15 is 0 Å². The standard InChI is InChI=1S/C19H29N3O2S/c1-15-13-17(19(3,4)5)14-16(2)18(15)25(23,24)22-11-9-21(10-12-22)8-6-7-20/h13-14H,6,8-12H2,1-5H3. The van der Waals surface area contributed by atoms with Crippen LogP contribution in [0, 0.1) is 25.2 Å². The van der Waals surface area contributed by atoms with Gasteiger partial charge in [0.2, 0.25) is 10.0 Å². The lowest BCUT2D eigenvalue weighted by molar-refractivity contribution is 0.191. The molecular formula is C19H29N3O2S. The molecule has 0 atom stereocenters. The summed E-state index contributed by atoms with van der Waals surface area (Å²) in [4.78, 5) is 2.60. The Hall–Kier alpha value is -1.42. The zero-order chi connectivity index (χ0) is 18.8. The highest BCUT2D eigenvalue weighted by Gasteiger charge is 2.31. The normalized spacial score (nSPS) is 17.4. The topological polar surface area (TPSA) is 64.4 Å². The number of hydrogen-bond acceptors (Lipinski definition) is 4. The molecule has 1 aliphatic rings. The predicted molar refractivity (Wildman–Crippen MR) is 100 cm³/mol. The first-order valence-electron chi connectivity index (χ1n) is 8.78. The van der Waals surface area contributed by atoms with Gasteiger partial charge in [0.1, 0.15) is 0 Å². The number of rotatable bonds is 4. The summed E-state index contributed by atoms with van der Waals surface area (Å²) in [7, 11) is -3.49. The Morgan fingerprint density at radius 2 is 1.60 bits per heavy atom. The summed E-state index contributed by atoms with van der Waals surface area (Å²) in [6.07, 6.45) is 0.485. The van der Waals surface area contributed by atoms with Crippen LogP contribution in [0.4, 0.5) is 0 Å². The van der Waals surface area contributed by atoms with Crippen LogP contribution in [0.2, 0.25) is 0 Å². The summed E-state index contributed by atoms with van der Waals surface area (Å²) in [5, 5.41) is 8.68. The number of aryl methyl sites for hydroxylation is 2. The van der Waals surface area contributed by atoms with E-state index in [1.807, 2.05) is 26.0 Å². The molecule has 1 aliphatic heterocycles. The summed E-state index contributed by atoms with van der Waals surface area (Å²) in [5.41, 5.74) is 2.78. The van der Waals surface area contributed by atoms with Gasteiger partial charge in [0.15, 0.2) is 0 Å². The van der Waals surface area contributed by atoms with Gasteiger partial charge in [-0.1, -0.05) is 32.9 Å². The van der Waals surface area contributed by atoms with Gasteiger partial charge < -0.3 is 0 Å². The van der Waals surface area contributed by atoms with E-state index in [9.17, 15) is 8.42 Å². The molecule has 1 heterocycles. The van der Waals surface area contributed by atoms with Gasteiger partial charge in [0.05, 0.1) is 11.0 Å². The Morgan fingerprint density at radius 1 is 1.08 bits per heavy atom. The summed E-state index contributed by atoms with van der Waals surface area (Å²) in [5.74, 6) is 0. The molecule has 0 aromatic heterocycles. The fourth-order valence-electron chi connectivity index (χ4n) is 3.32. The lowest BCUT2D eigenvalue weighted by Crippen LogP contribution is -2.48. The van der Waals surface area contributed by atoms with Gasteiger partial charge in [-0.2, -0.15) is 9.57 Å². The summed E-state index contributed by atoms with van der Waals surface area (Å²) in [6.45, 7) is 13.2. The number of nitriles is 1. The minimum absolute atomic E-state index is 0.00974. The van der Waals surface area contributed by atoms with Crippen molar-refractivity contribution in [3.8, 4) is 6.07 Å². The molecular weight excluding hydrogens is 334 g/mol. The Kier molecular flexibility index (Phi) is 5.93. The molecule has 0 saturated carbocycles. The SMILES string of the molecule is Cc1cc(C(C)(C)C)cc(C)c1S(=O)(=O)N1CCN(CCC#N)CC1. The first-order valence-corrected chi connectivity index (χ1v) is 10.2. The third-order valence-electron chi connectivity index (χ3n) is 4.80. The van der Waals surface area contributed by atoms with Crippen molar-refractivity contribution in [1.82, 2.24) is 9.21 Å². The van der Waals surface area contributed by atoms with Gasteiger partial charge in [0.25, 0.3) is 0 Å². The van der Waals surface area contributed by atoms with Crippen molar-refractivity contribution in [3.05, 3.63) is 28.8 Å². The smallest absolute Gasteiger partial charge is 0.243 e. The van der Waals surface area contributed by atoms with Crippen LogP contribution >= 0.6 is 0 Å². The van der Waals surface area contributed by atoms with Crippen molar-refractivity contribution >= 4 is 10.0 Å². The molecule has 5 nitrogen and oxygen atoms in total. The van der Waals surface area contributed by atoms with Gasteiger partial charge in [0, 0.05) is 39.1 Å². The lowest BCUT2D eigenvalue weighted by atomic mass is 9.85. The predicted octanol–water partition coefficient (Wildman–Crippen LogP) is 2.82. The van der Waals surface area contributed by atoms with Crippen molar-refractivity contribution in [2.24, 2.45) is 0 Å². The van der Waals surface area contributed by atoms with Gasteiger partial charge in [-0.25, -0.2) is 8.42 Å². The molecule has 1 saturated heterocycles. The molecule has 1 aromatic carbocycles. The van der Waals surface area contributed by atoms with Crippen molar-refractivity contribution in [2.45, 2.75) is 51.3 Å². The average molecular weight is 364 g/mol. The monoisotopic (exact) mass is 363 g/mol. The van der Waals surface area contributed by atoms with E-state index in [4.69, 9.17) is 5.26 Å². The summed E-state index contributed by atoms with van der Waals surface area (Å²) >= 11 is 0. The molecule has 0 spiro atoms. The second kappa shape index (κ2) is 7.45. The lowest BCUT2D eigenvalue weighted by Gasteiger charge is -2.34. The van der Waals surface area contributed by atoms with Crippen molar-refractivity contribution in [3.63, 3.8) is 0 Å². The number of sulfonamides is 1. The van der Waals surface area contributed by atoms with E-state index in [0.29, 0.717) is 44.0 Å². The van der Waals surface area contributed by atoms with E-state index in [1.54, 1.807) is 4.31 Å². The molecule has 138 valence electrons. The van der Waals surface area contributed by atoms with Crippen LogP contribution in [0.25, 0.3) is 0 Å². The van der Waals surface area contributed by atoms with Gasteiger partial charge >= 0.3 is 0 Å². The first kappa shape index (κ1) is 19.9. The largest absolute Gasteiger partial charge is 0.300 e. The Labute approximate surface area is 152 Å². The first-order chi connectivity index (χ1) is 11.6. The van der Waals surface area contributed by atoms with Gasteiger partial charge in [-0.05, 0) is 36.0 Å². The maximum atomic E-state index is 13.2. The molecule has 1 fully saturated rings. The van der Waals surface area contributed by atoms with Crippen LogP contribution in [-0.2, 0) is 15.4 Å². The van der Waals surface area contributed by atoms with Crippen molar-refractivity contribution < 1.29 is 8.42 Å². The van der Waals surface area contributed by atoms with Crippen LogP contribution in [-0.4, -0.2) is 50.3 Å². The minimum atomic E-state index is -3.49. The maximum Gasteiger partial charge on any atom is 0.243 e. The van der Waals surface area contributed by atoms with E-state index in [0.717, 1.165) is 16.7 Å². The molecule has 0 N–H and O–H groups in total. The third kappa shape index (κ3) is 4.41. The second-order valence-corrected chi connectivity index (χ2v) is 9.72. The highest BCUT2D eigenvalue weighted by molar-refractivity contribution is 7.89. The third-order valence-corrected chi connectivity index (χ3v) is 7.00. The molecule has 0 aliphatic carbocycles. The van der Waals surface area contributed by atoms with Gasteiger partial charge in [-0.3, -0.25) is 4.90 Å². The molecule has 0 bridgehead atoms.